The molecule has 2 aromatic heterocycles. The second-order valence-electron chi connectivity index (χ2n) is 8.53. The molecule has 3 atom stereocenters. The first-order valence-electron chi connectivity index (χ1n) is 11.6. The highest BCUT2D eigenvalue weighted by molar-refractivity contribution is 5.58. The lowest BCUT2D eigenvalue weighted by Gasteiger charge is -2.36. The Balaban J connectivity index is 0.000000994. The van der Waals surface area contributed by atoms with Crippen LogP contribution in [0.15, 0.2) is 34.9 Å². The molecular formula is C23H31N7O. The van der Waals surface area contributed by atoms with Crippen LogP contribution in [0.4, 0.5) is 17.7 Å². The van der Waals surface area contributed by atoms with E-state index in [1.165, 1.54) is 18.5 Å². The predicted octanol–water partition coefficient (Wildman–Crippen LogP) is 3.85. The van der Waals surface area contributed by atoms with Crippen molar-refractivity contribution in [3.8, 4) is 0 Å². The van der Waals surface area contributed by atoms with Gasteiger partial charge >= 0.3 is 6.01 Å². The van der Waals surface area contributed by atoms with Crippen LogP contribution in [0, 0.1) is 24.7 Å². The molecule has 31 heavy (non-hydrogen) atoms. The average Bonchev–Trinajstić information content (AvgIpc) is 3.54. The van der Waals surface area contributed by atoms with Crippen molar-refractivity contribution in [1.82, 2.24) is 24.9 Å². The molecule has 8 nitrogen and oxygen atoms in total. The lowest BCUT2D eigenvalue weighted by atomic mass is 9.82. The summed E-state index contributed by atoms with van der Waals surface area (Å²) in [6.07, 6.45) is 3.50. The Morgan fingerprint density at radius 1 is 1.00 bits per heavy atom. The van der Waals surface area contributed by atoms with Crippen LogP contribution in [-0.4, -0.2) is 44.5 Å². The van der Waals surface area contributed by atoms with Crippen LogP contribution < -0.4 is 9.80 Å². The highest BCUT2D eigenvalue weighted by atomic mass is 16.5. The van der Waals surface area contributed by atoms with Gasteiger partial charge in [-0.05, 0) is 49.7 Å². The second-order valence-corrected chi connectivity index (χ2v) is 8.53. The Hall–Kier alpha value is -2.90. The third-order valence-corrected chi connectivity index (χ3v) is 6.78. The number of fused-ring (bicyclic) bond motifs is 3. The largest absolute Gasteiger partial charge is 0.324 e. The van der Waals surface area contributed by atoms with Crippen LogP contribution in [0.1, 0.15) is 38.3 Å². The smallest absolute Gasteiger partial charge is 0.324 e. The van der Waals surface area contributed by atoms with Gasteiger partial charge in [-0.2, -0.15) is 15.1 Å². The van der Waals surface area contributed by atoms with Gasteiger partial charge in [-0.1, -0.05) is 37.2 Å². The van der Waals surface area contributed by atoms with E-state index in [9.17, 15) is 0 Å². The molecule has 0 amide bonds. The maximum Gasteiger partial charge on any atom is 0.324 e. The van der Waals surface area contributed by atoms with Crippen molar-refractivity contribution >= 4 is 17.7 Å². The molecular weight excluding hydrogens is 390 g/mol. The molecule has 4 heterocycles. The average molecular weight is 422 g/mol. The standard InChI is InChI=1S/C21H25N7O.C2H6/c1-14-22-21(29-25-14)26-12-15-7-8-16(13-26)18(15)11-19-23-20-27(9-10-28(20)24-19)17-5-3-2-4-6-17;1-2/h2-6,15-16,18H,7-13H2,1H3;1-2H3/t15-,16+,18?;. The minimum absolute atomic E-state index is 0.642. The van der Waals surface area contributed by atoms with Crippen molar-refractivity contribution in [3.63, 3.8) is 0 Å². The van der Waals surface area contributed by atoms with E-state index in [0.29, 0.717) is 29.6 Å². The molecule has 1 saturated heterocycles. The number of nitrogens with zero attached hydrogens (tertiary/aromatic N) is 7. The van der Waals surface area contributed by atoms with Gasteiger partial charge in [0.25, 0.3) is 0 Å². The van der Waals surface area contributed by atoms with Gasteiger partial charge in [0.15, 0.2) is 11.6 Å². The van der Waals surface area contributed by atoms with Gasteiger partial charge in [0.2, 0.25) is 5.95 Å². The first-order chi connectivity index (χ1) is 15.2. The molecule has 1 unspecified atom stereocenters. The van der Waals surface area contributed by atoms with E-state index < -0.39 is 0 Å². The minimum Gasteiger partial charge on any atom is -0.324 e. The number of rotatable bonds is 4. The van der Waals surface area contributed by atoms with Gasteiger partial charge in [0.05, 0.1) is 6.54 Å². The van der Waals surface area contributed by atoms with Crippen molar-refractivity contribution in [1.29, 1.82) is 0 Å². The van der Waals surface area contributed by atoms with Gasteiger partial charge in [-0.25, -0.2) is 4.68 Å². The van der Waals surface area contributed by atoms with E-state index in [2.05, 4.69) is 48.9 Å². The van der Waals surface area contributed by atoms with Crippen LogP contribution in [0.3, 0.4) is 0 Å². The van der Waals surface area contributed by atoms with E-state index >= 15 is 0 Å². The minimum atomic E-state index is 0.642. The molecule has 2 aliphatic heterocycles. The van der Waals surface area contributed by atoms with Crippen LogP contribution in [-0.2, 0) is 13.0 Å². The Kier molecular flexibility index (Phi) is 5.38. The van der Waals surface area contributed by atoms with E-state index in [0.717, 1.165) is 44.4 Å². The Morgan fingerprint density at radius 3 is 2.42 bits per heavy atom. The summed E-state index contributed by atoms with van der Waals surface area (Å²) >= 11 is 0. The van der Waals surface area contributed by atoms with Crippen LogP contribution >= 0.6 is 0 Å². The fourth-order valence-corrected chi connectivity index (χ4v) is 5.41. The lowest BCUT2D eigenvalue weighted by Crippen LogP contribution is -2.43. The van der Waals surface area contributed by atoms with E-state index in [4.69, 9.17) is 14.6 Å². The number of aryl methyl sites for hydroxylation is 1. The molecule has 3 aliphatic rings. The third-order valence-electron chi connectivity index (χ3n) is 6.78. The molecule has 0 N–H and O–H groups in total. The predicted molar refractivity (Wildman–Crippen MR) is 119 cm³/mol. The first kappa shape index (κ1) is 20.0. The van der Waals surface area contributed by atoms with E-state index in [1.54, 1.807) is 0 Å². The van der Waals surface area contributed by atoms with Gasteiger partial charge in [0, 0.05) is 31.7 Å². The molecule has 8 heteroatoms. The zero-order valence-electron chi connectivity index (χ0n) is 18.6. The summed E-state index contributed by atoms with van der Waals surface area (Å²) < 4.78 is 7.48. The van der Waals surface area contributed by atoms with Gasteiger partial charge in [0.1, 0.15) is 0 Å². The Labute approximate surface area is 183 Å². The van der Waals surface area contributed by atoms with Gasteiger partial charge in [-0.3, -0.25) is 0 Å². The summed E-state index contributed by atoms with van der Waals surface area (Å²) in [6.45, 7) is 9.70. The summed E-state index contributed by atoms with van der Waals surface area (Å²) in [7, 11) is 0. The highest BCUT2D eigenvalue weighted by Gasteiger charge is 2.43. The van der Waals surface area contributed by atoms with Crippen LogP contribution in [0.2, 0.25) is 0 Å². The van der Waals surface area contributed by atoms with Crippen molar-refractivity contribution in [2.75, 3.05) is 29.4 Å². The first-order valence-corrected chi connectivity index (χ1v) is 11.6. The summed E-state index contributed by atoms with van der Waals surface area (Å²) in [5.74, 6) is 4.61. The van der Waals surface area contributed by atoms with Gasteiger partial charge < -0.3 is 14.3 Å². The van der Waals surface area contributed by atoms with Crippen molar-refractivity contribution in [2.24, 2.45) is 17.8 Å². The fraction of sp³-hybridized carbons (Fsp3) is 0.565. The quantitative estimate of drug-likeness (QED) is 0.633. The molecule has 1 aromatic carbocycles. The molecule has 6 rings (SSSR count). The number of hydrogen-bond donors (Lipinski definition) is 0. The Bertz CT molecular complexity index is 1000. The van der Waals surface area contributed by atoms with Crippen LogP contribution in [0.25, 0.3) is 0 Å². The van der Waals surface area contributed by atoms with Crippen molar-refractivity contribution in [2.45, 2.75) is 46.6 Å². The van der Waals surface area contributed by atoms with E-state index in [1.807, 2.05) is 26.8 Å². The number of anilines is 3. The monoisotopic (exact) mass is 421 g/mol. The molecule has 164 valence electrons. The molecule has 3 aromatic rings. The molecule has 1 saturated carbocycles. The summed E-state index contributed by atoms with van der Waals surface area (Å²) in [6, 6.07) is 11.2. The summed E-state index contributed by atoms with van der Waals surface area (Å²) in [5, 5.41) is 8.80. The van der Waals surface area contributed by atoms with Crippen LogP contribution in [0.5, 0.6) is 0 Å². The van der Waals surface area contributed by atoms with Gasteiger partial charge in [-0.15, -0.1) is 0 Å². The highest BCUT2D eigenvalue weighted by Crippen LogP contribution is 2.44. The zero-order chi connectivity index (χ0) is 21.4. The second kappa shape index (κ2) is 8.32. The molecule has 0 spiro atoms. The Morgan fingerprint density at radius 2 is 1.74 bits per heavy atom. The van der Waals surface area contributed by atoms with E-state index in [-0.39, 0.29) is 0 Å². The maximum absolute atomic E-state index is 5.41. The topological polar surface area (TPSA) is 76.1 Å². The number of para-hydroxylation sites is 1. The number of benzene rings is 1. The lowest BCUT2D eigenvalue weighted by molar-refractivity contribution is 0.254. The zero-order valence-corrected chi connectivity index (χ0v) is 18.6. The van der Waals surface area contributed by atoms with Crippen molar-refractivity contribution in [3.05, 3.63) is 42.0 Å². The number of aromatic nitrogens is 5. The molecule has 1 aliphatic carbocycles. The normalized spacial score (nSPS) is 24.2. The summed E-state index contributed by atoms with van der Waals surface area (Å²) in [5.41, 5.74) is 1.19. The number of piperidine rings is 1. The molecule has 0 radical (unpaired) electrons. The maximum atomic E-state index is 5.41. The number of hydrogen-bond acceptors (Lipinski definition) is 7. The fourth-order valence-electron chi connectivity index (χ4n) is 5.41. The third kappa shape index (κ3) is 3.68. The van der Waals surface area contributed by atoms with Crippen molar-refractivity contribution < 1.29 is 4.52 Å². The summed E-state index contributed by atoms with van der Waals surface area (Å²) in [4.78, 5) is 13.9. The molecule has 2 fully saturated rings. The molecule has 2 bridgehead atoms. The SMILES string of the molecule is CC.Cc1noc(N2C[C@H]3CC[C@@H](C2)C3Cc2nc3n(n2)CCN3c2ccccc2)n1.